The molecule has 1 aromatic rings. The second-order valence-electron chi connectivity index (χ2n) is 3.48. The van der Waals surface area contributed by atoms with Crippen LogP contribution in [0.4, 0.5) is 0 Å². The van der Waals surface area contributed by atoms with E-state index in [2.05, 4.69) is 36.2 Å². The zero-order valence-corrected chi connectivity index (χ0v) is 10.3. The molecule has 0 fully saturated rings. The minimum absolute atomic E-state index is 0.0379. The summed E-state index contributed by atoms with van der Waals surface area (Å²) in [6.45, 7) is 6.00. The van der Waals surface area contributed by atoms with Gasteiger partial charge in [0.05, 0.1) is 0 Å². The average Bonchev–Trinajstić information content (AvgIpc) is 2.29. The summed E-state index contributed by atoms with van der Waals surface area (Å²) in [4.78, 5) is 10.6. The van der Waals surface area contributed by atoms with Gasteiger partial charge in [-0.25, -0.2) is 0 Å². The van der Waals surface area contributed by atoms with Gasteiger partial charge in [-0.3, -0.25) is 4.79 Å². The maximum atomic E-state index is 10.6. The Hall–Kier alpha value is -1.22. The molecule has 0 aliphatic heterocycles. The molecule has 1 aromatic carbocycles. The van der Waals surface area contributed by atoms with E-state index in [9.17, 15) is 4.79 Å². The largest absolute Gasteiger partial charge is 0.356 e. The van der Waals surface area contributed by atoms with Crippen molar-refractivity contribution < 1.29 is 4.79 Å². The van der Waals surface area contributed by atoms with Crippen molar-refractivity contribution >= 4 is 23.7 Å². The number of rotatable bonds is 6. The maximum absolute atomic E-state index is 10.6. The molecule has 1 rings (SSSR count). The van der Waals surface area contributed by atoms with Crippen molar-refractivity contribution in [2.45, 2.75) is 12.7 Å². The molecule has 0 heterocycles. The highest BCUT2D eigenvalue weighted by Gasteiger charge is 1.94. The Morgan fingerprint density at radius 1 is 1.44 bits per heavy atom. The van der Waals surface area contributed by atoms with Crippen LogP contribution in [0.1, 0.15) is 18.1 Å². The van der Waals surface area contributed by atoms with E-state index >= 15 is 0 Å². The van der Waals surface area contributed by atoms with Gasteiger partial charge < -0.3 is 5.32 Å². The van der Waals surface area contributed by atoms with Crippen LogP contribution in [0.5, 0.6) is 0 Å². The van der Waals surface area contributed by atoms with Crippen LogP contribution in [0, 0.1) is 0 Å². The SMILES string of the molecule is C=Cc1ccc(CSCCNC(C)=O)cc1. The number of carbonyl (C=O) groups is 1. The third-order valence-corrected chi connectivity index (χ3v) is 3.13. The van der Waals surface area contributed by atoms with E-state index in [4.69, 9.17) is 0 Å². The Labute approximate surface area is 101 Å². The number of carbonyl (C=O) groups excluding carboxylic acids is 1. The molecule has 0 bridgehead atoms. The number of nitrogens with one attached hydrogen (secondary N) is 1. The van der Waals surface area contributed by atoms with Crippen molar-refractivity contribution in [3.05, 3.63) is 42.0 Å². The third-order valence-electron chi connectivity index (χ3n) is 2.10. The summed E-state index contributed by atoms with van der Waals surface area (Å²) in [5, 5.41) is 2.78. The summed E-state index contributed by atoms with van der Waals surface area (Å²) in [5.74, 6) is 1.97. The number of hydrogen-bond donors (Lipinski definition) is 1. The molecular weight excluding hydrogens is 218 g/mol. The summed E-state index contributed by atoms with van der Waals surface area (Å²) in [7, 11) is 0. The van der Waals surface area contributed by atoms with Crippen molar-refractivity contribution in [3.8, 4) is 0 Å². The fourth-order valence-corrected chi connectivity index (χ4v) is 2.06. The summed E-state index contributed by atoms with van der Waals surface area (Å²) < 4.78 is 0. The molecule has 1 N–H and O–H groups in total. The maximum Gasteiger partial charge on any atom is 0.216 e. The molecule has 0 spiro atoms. The lowest BCUT2D eigenvalue weighted by atomic mass is 10.1. The first-order valence-corrected chi connectivity index (χ1v) is 6.41. The molecule has 3 heteroatoms. The molecule has 0 radical (unpaired) electrons. The Kier molecular flexibility index (Phi) is 5.72. The van der Waals surface area contributed by atoms with Gasteiger partial charge in [0.1, 0.15) is 0 Å². The number of hydrogen-bond acceptors (Lipinski definition) is 2. The quantitative estimate of drug-likeness (QED) is 0.768. The van der Waals surface area contributed by atoms with Crippen molar-refractivity contribution in [2.24, 2.45) is 0 Å². The van der Waals surface area contributed by atoms with E-state index in [1.165, 1.54) is 5.56 Å². The molecule has 0 aliphatic rings. The summed E-state index contributed by atoms with van der Waals surface area (Å²) in [6, 6.07) is 8.36. The van der Waals surface area contributed by atoms with Gasteiger partial charge >= 0.3 is 0 Å². The van der Waals surface area contributed by atoms with Gasteiger partial charge in [0.15, 0.2) is 0 Å². The lowest BCUT2D eigenvalue weighted by Crippen LogP contribution is -2.22. The van der Waals surface area contributed by atoms with Crippen LogP contribution in [-0.2, 0) is 10.5 Å². The Bertz CT molecular complexity index is 345. The van der Waals surface area contributed by atoms with Crippen molar-refractivity contribution in [1.82, 2.24) is 5.32 Å². The van der Waals surface area contributed by atoms with Crippen LogP contribution >= 0.6 is 11.8 Å². The highest BCUT2D eigenvalue weighted by atomic mass is 32.2. The fourth-order valence-electron chi connectivity index (χ4n) is 1.24. The zero-order valence-electron chi connectivity index (χ0n) is 9.53. The standard InChI is InChI=1S/C13H17NOS/c1-3-12-4-6-13(7-5-12)10-16-9-8-14-11(2)15/h3-7H,1,8-10H2,2H3,(H,14,15). The van der Waals surface area contributed by atoms with Gasteiger partial charge in [0, 0.05) is 25.0 Å². The molecule has 16 heavy (non-hydrogen) atoms. The molecule has 0 aliphatic carbocycles. The Morgan fingerprint density at radius 3 is 2.69 bits per heavy atom. The number of thioether (sulfide) groups is 1. The number of amides is 1. The van der Waals surface area contributed by atoms with Crippen LogP contribution in [0.25, 0.3) is 6.08 Å². The van der Waals surface area contributed by atoms with Gasteiger partial charge in [0.25, 0.3) is 0 Å². The van der Waals surface area contributed by atoms with Crippen molar-refractivity contribution in [2.75, 3.05) is 12.3 Å². The monoisotopic (exact) mass is 235 g/mol. The fraction of sp³-hybridized carbons (Fsp3) is 0.308. The van der Waals surface area contributed by atoms with Gasteiger partial charge in [-0.15, -0.1) is 0 Å². The normalized spacial score (nSPS) is 9.81. The van der Waals surface area contributed by atoms with Crippen LogP contribution in [-0.4, -0.2) is 18.2 Å². The first-order chi connectivity index (χ1) is 7.72. The zero-order chi connectivity index (χ0) is 11.8. The summed E-state index contributed by atoms with van der Waals surface area (Å²) >= 11 is 1.82. The highest BCUT2D eigenvalue weighted by Crippen LogP contribution is 2.13. The molecular formula is C13H17NOS. The number of benzene rings is 1. The molecule has 0 aromatic heterocycles. The van der Waals surface area contributed by atoms with Gasteiger partial charge in [-0.2, -0.15) is 11.8 Å². The van der Waals surface area contributed by atoms with Gasteiger partial charge in [-0.05, 0) is 11.1 Å². The predicted octanol–water partition coefficient (Wildman–Crippen LogP) is 2.70. The Balaban J connectivity index is 2.21. The topological polar surface area (TPSA) is 29.1 Å². The van der Waals surface area contributed by atoms with Crippen molar-refractivity contribution in [1.29, 1.82) is 0 Å². The van der Waals surface area contributed by atoms with E-state index in [1.54, 1.807) is 6.92 Å². The van der Waals surface area contributed by atoms with Gasteiger partial charge in [-0.1, -0.05) is 36.9 Å². The molecule has 86 valence electrons. The van der Waals surface area contributed by atoms with Gasteiger partial charge in [0.2, 0.25) is 5.91 Å². The first-order valence-electron chi connectivity index (χ1n) is 5.26. The second kappa shape index (κ2) is 7.12. The first kappa shape index (κ1) is 12.8. The Morgan fingerprint density at radius 2 is 2.12 bits per heavy atom. The minimum atomic E-state index is 0.0379. The second-order valence-corrected chi connectivity index (χ2v) is 4.59. The van der Waals surface area contributed by atoms with Crippen LogP contribution < -0.4 is 5.32 Å². The molecule has 2 nitrogen and oxygen atoms in total. The van der Waals surface area contributed by atoms with E-state index in [0.717, 1.165) is 23.6 Å². The van der Waals surface area contributed by atoms with Crippen LogP contribution in [0.15, 0.2) is 30.8 Å². The predicted molar refractivity (Wildman–Crippen MR) is 71.4 cm³/mol. The summed E-state index contributed by atoms with van der Waals surface area (Å²) in [6.07, 6.45) is 1.84. The molecule has 0 atom stereocenters. The molecule has 0 saturated carbocycles. The van der Waals surface area contributed by atoms with E-state index in [0.29, 0.717) is 0 Å². The molecule has 0 saturated heterocycles. The lowest BCUT2D eigenvalue weighted by molar-refractivity contribution is -0.118. The average molecular weight is 235 g/mol. The van der Waals surface area contributed by atoms with E-state index in [1.807, 2.05) is 17.8 Å². The van der Waals surface area contributed by atoms with Crippen molar-refractivity contribution in [3.63, 3.8) is 0 Å². The highest BCUT2D eigenvalue weighted by molar-refractivity contribution is 7.98. The smallest absolute Gasteiger partial charge is 0.216 e. The lowest BCUT2D eigenvalue weighted by Gasteiger charge is -2.03. The minimum Gasteiger partial charge on any atom is -0.356 e. The molecule has 1 amide bonds. The van der Waals surface area contributed by atoms with Crippen LogP contribution in [0.2, 0.25) is 0 Å². The third kappa shape index (κ3) is 5.03. The van der Waals surface area contributed by atoms with Crippen LogP contribution in [0.3, 0.4) is 0 Å². The van der Waals surface area contributed by atoms with E-state index < -0.39 is 0 Å². The van der Waals surface area contributed by atoms with E-state index in [-0.39, 0.29) is 5.91 Å². The summed E-state index contributed by atoms with van der Waals surface area (Å²) in [5.41, 5.74) is 2.45. The molecule has 0 unspecified atom stereocenters.